The van der Waals surface area contributed by atoms with Crippen LogP contribution in [0.3, 0.4) is 0 Å². The van der Waals surface area contributed by atoms with Crippen LogP contribution in [0, 0.1) is 0 Å². The van der Waals surface area contributed by atoms with Gasteiger partial charge in [0.05, 0.1) is 6.54 Å². The molecule has 1 aromatic heterocycles. The zero-order valence-corrected chi connectivity index (χ0v) is 6.74. The molecule has 0 aromatic carbocycles. The Morgan fingerprint density at radius 3 is 2.91 bits per heavy atom. The number of rotatable bonds is 3. The van der Waals surface area contributed by atoms with Crippen LogP contribution in [0.5, 0.6) is 0 Å². The first kappa shape index (κ1) is 8.00. The fourth-order valence-corrected chi connectivity index (χ4v) is 0.687. The molecule has 1 rings (SSSR count). The average molecular weight is 156 g/mol. The van der Waals surface area contributed by atoms with Gasteiger partial charge in [0.25, 0.3) is 0 Å². The van der Waals surface area contributed by atoms with Crippen molar-refractivity contribution in [3.63, 3.8) is 0 Å². The van der Waals surface area contributed by atoms with Crippen LogP contribution in [-0.2, 0) is 6.54 Å². The van der Waals surface area contributed by atoms with Gasteiger partial charge in [-0.1, -0.05) is 4.68 Å². The molecule has 0 saturated heterocycles. The summed E-state index contributed by atoms with van der Waals surface area (Å²) in [5, 5.41) is 3.62. The highest BCUT2D eigenvalue weighted by Crippen LogP contribution is 2.00. The maximum atomic E-state index is 7.04. The zero-order valence-electron chi connectivity index (χ0n) is 6.74. The molecule has 1 aromatic rings. The first-order valence-electron chi connectivity index (χ1n) is 3.41. The van der Waals surface area contributed by atoms with Gasteiger partial charge >= 0.3 is 0 Å². The Labute approximate surface area is 65.4 Å². The molecule has 1 N–H and O–H groups in total. The Kier molecular flexibility index (Phi) is 2.43. The van der Waals surface area contributed by atoms with Crippen LogP contribution in [0.2, 0.25) is 0 Å². The minimum atomic E-state index is 0.101. The standard InChI is InChI=1S/C6H12N4O/c1-9(2)3-4-10-5-6(7)11-8-10/h5,7H,3-4H2,1-2H3. The second-order valence-corrected chi connectivity index (χ2v) is 2.63. The maximum Gasteiger partial charge on any atom is 0.222 e. The fraction of sp³-hybridized carbons (Fsp3) is 0.667. The van der Waals surface area contributed by atoms with Gasteiger partial charge in [-0.15, -0.1) is 0 Å². The molecular formula is C6H12N4O. The molecule has 0 amide bonds. The van der Waals surface area contributed by atoms with Crippen molar-refractivity contribution in [2.45, 2.75) is 6.54 Å². The van der Waals surface area contributed by atoms with E-state index in [0.29, 0.717) is 0 Å². The van der Waals surface area contributed by atoms with Crippen LogP contribution in [0.1, 0.15) is 0 Å². The topological polar surface area (TPSA) is 57.0 Å². The molecule has 0 radical (unpaired) electrons. The summed E-state index contributed by atoms with van der Waals surface area (Å²) in [7, 11) is 3.98. The number of nitrogens with zero attached hydrogens (tertiary/aromatic N) is 3. The Balaban J connectivity index is 2.39. The third kappa shape index (κ3) is 2.55. The highest BCUT2D eigenvalue weighted by Gasteiger charge is 2.04. The summed E-state index contributed by atoms with van der Waals surface area (Å²) in [4.78, 5) is 2.05. The van der Waals surface area contributed by atoms with Gasteiger partial charge in [0, 0.05) is 0 Å². The maximum absolute atomic E-state index is 7.04. The number of nitrogens with one attached hydrogen (secondary N) is 1. The van der Waals surface area contributed by atoms with Crippen molar-refractivity contribution in [1.29, 1.82) is 0 Å². The third-order valence-electron chi connectivity index (χ3n) is 1.29. The zero-order chi connectivity index (χ0) is 8.27. The van der Waals surface area contributed by atoms with Crippen molar-refractivity contribution < 1.29 is 9.20 Å². The van der Waals surface area contributed by atoms with Gasteiger partial charge in [-0.25, -0.2) is 0 Å². The molecular weight excluding hydrogens is 144 g/mol. The van der Waals surface area contributed by atoms with Gasteiger partial charge in [-0.05, 0) is 14.1 Å². The van der Waals surface area contributed by atoms with Crippen molar-refractivity contribution >= 4 is 5.88 Å². The molecule has 0 saturated carbocycles. The first-order chi connectivity index (χ1) is 5.18. The molecule has 0 aliphatic carbocycles. The van der Waals surface area contributed by atoms with E-state index in [9.17, 15) is 0 Å². The predicted octanol–water partition coefficient (Wildman–Crippen LogP) is 0.207. The Morgan fingerprint density at radius 1 is 1.73 bits per heavy atom. The molecule has 5 heteroatoms. The first-order valence-corrected chi connectivity index (χ1v) is 3.41. The monoisotopic (exact) mass is 156 g/mol. The number of aromatic nitrogens is 2. The lowest BCUT2D eigenvalue weighted by molar-refractivity contribution is -0.761. The van der Waals surface area contributed by atoms with Gasteiger partial charge in [0.2, 0.25) is 6.20 Å². The highest BCUT2D eigenvalue weighted by atomic mass is 16.5. The van der Waals surface area contributed by atoms with E-state index < -0.39 is 0 Å². The molecule has 5 nitrogen and oxygen atoms in total. The van der Waals surface area contributed by atoms with Gasteiger partial charge in [0.1, 0.15) is 5.88 Å². The molecule has 0 fully saturated rings. The van der Waals surface area contributed by atoms with Crippen molar-refractivity contribution in [2.24, 2.45) is 0 Å². The smallest absolute Gasteiger partial charge is 0.222 e. The van der Waals surface area contributed by atoms with Crippen molar-refractivity contribution in [3.8, 4) is 0 Å². The molecule has 62 valence electrons. The van der Waals surface area contributed by atoms with Gasteiger partial charge in [-0.2, -0.15) is 0 Å². The summed E-state index contributed by atoms with van der Waals surface area (Å²) in [6, 6.07) is 0. The Hall–Kier alpha value is -1.10. The SMILES string of the molecule is CN(C)CC[n+]1cc([NH-])on1. The van der Waals surface area contributed by atoms with E-state index in [1.54, 1.807) is 10.9 Å². The number of hydrogen-bond acceptors (Lipinski definition) is 3. The highest BCUT2D eigenvalue weighted by molar-refractivity contribution is 5.19. The van der Waals surface area contributed by atoms with Gasteiger partial charge < -0.3 is 15.2 Å². The molecule has 0 aliphatic heterocycles. The summed E-state index contributed by atoms with van der Waals surface area (Å²) in [6.07, 6.45) is 1.56. The van der Waals surface area contributed by atoms with E-state index in [4.69, 9.17) is 5.73 Å². The van der Waals surface area contributed by atoms with Crippen LogP contribution in [0.4, 0.5) is 5.88 Å². The van der Waals surface area contributed by atoms with E-state index >= 15 is 0 Å². The second-order valence-electron chi connectivity index (χ2n) is 2.63. The molecule has 11 heavy (non-hydrogen) atoms. The number of likely N-dealkylation sites (N-methyl/N-ethyl adjacent to an activating group) is 1. The largest absolute Gasteiger partial charge is 0.660 e. The molecule has 0 atom stereocenters. The summed E-state index contributed by atoms with van der Waals surface area (Å²) in [6.45, 7) is 1.66. The van der Waals surface area contributed by atoms with Crippen LogP contribution in [-0.4, -0.2) is 30.8 Å². The van der Waals surface area contributed by atoms with Crippen LogP contribution in [0.15, 0.2) is 10.7 Å². The fourth-order valence-electron chi connectivity index (χ4n) is 0.687. The van der Waals surface area contributed by atoms with E-state index in [-0.39, 0.29) is 5.88 Å². The Bertz CT molecular complexity index is 220. The van der Waals surface area contributed by atoms with Gasteiger partial charge in [-0.3, -0.25) is 0 Å². The second kappa shape index (κ2) is 3.34. The van der Waals surface area contributed by atoms with Crippen molar-refractivity contribution in [1.82, 2.24) is 10.2 Å². The number of hydrogen-bond donors (Lipinski definition) is 0. The van der Waals surface area contributed by atoms with Crippen LogP contribution in [0.25, 0.3) is 5.73 Å². The molecule has 0 aliphatic rings. The van der Waals surface area contributed by atoms with Gasteiger partial charge in [0.15, 0.2) is 11.8 Å². The lowest BCUT2D eigenvalue weighted by Gasteiger charge is -2.02. The Morgan fingerprint density at radius 2 is 2.45 bits per heavy atom. The van der Waals surface area contributed by atoms with E-state index in [0.717, 1.165) is 13.1 Å². The quantitative estimate of drug-likeness (QED) is 0.588. The summed E-state index contributed by atoms with van der Waals surface area (Å²) >= 11 is 0. The average Bonchev–Trinajstić information content (AvgIpc) is 2.31. The van der Waals surface area contributed by atoms with Crippen molar-refractivity contribution in [3.05, 3.63) is 11.9 Å². The molecule has 1 heterocycles. The predicted molar refractivity (Wildman–Crippen MR) is 39.2 cm³/mol. The van der Waals surface area contributed by atoms with Crippen molar-refractivity contribution in [2.75, 3.05) is 20.6 Å². The molecule has 0 bridgehead atoms. The lowest BCUT2D eigenvalue weighted by atomic mass is 10.6. The summed E-state index contributed by atoms with van der Waals surface area (Å²) in [5.41, 5.74) is 7.04. The van der Waals surface area contributed by atoms with E-state index in [1.807, 2.05) is 19.0 Å². The molecule has 0 spiro atoms. The minimum Gasteiger partial charge on any atom is -0.660 e. The summed E-state index contributed by atoms with van der Waals surface area (Å²) < 4.78 is 6.17. The third-order valence-corrected chi connectivity index (χ3v) is 1.29. The minimum absolute atomic E-state index is 0.101. The summed E-state index contributed by atoms with van der Waals surface area (Å²) in [5.74, 6) is 0.101. The van der Waals surface area contributed by atoms with Crippen LogP contribution < -0.4 is 4.68 Å². The van der Waals surface area contributed by atoms with Crippen LogP contribution >= 0.6 is 0 Å². The molecule has 0 unspecified atom stereocenters. The van der Waals surface area contributed by atoms with E-state index in [2.05, 4.69) is 9.79 Å². The van der Waals surface area contributed by atoms with E-state index in [1.165, 1.54) is 0 Å². The lowest BCUT2D eigenvalue weighted by Crippen LogP contribution is -2.39. The normalized spacial score (nSPS) is 10.8.